The van der Waals surface area contributed by atoms with Gasteiger partial charge in [-0.2, -0.15) is 0 Å². The van der Waals surface area contributed by atoms with Crippen LogP contribution >= 0.6 is 0 Å². The largest absolute Gasteiger partial charge is 0.497 e. The smallest absolute Gasteiger partial charge is 0.193 e. The van der Waals surface area contributed by atoms with Gasteiger partial charge in [0.15, 0.2) is 5.96 Å². The van der Waals surface area contributed by atoms with Crippen LogP contribution in [0.3, 0.4) is 0 Å². The number of anilines is 1. The normalized spacial score (nSPS) is 16.6. The third kappa shape index (κ3) is 5.95. The van der Waals surface area contributed by atoms with Gasteiger partial charge in [-0.1, -0.05) is 38.1 Å². The van der Waals surface area contributed by atoms with E-state index in [1.165, 1.54) is 11.1 Å². The van der Waals surface area contributed by atoms with Crippen LogP contribution in [0.1, 0.15) is 36.9 Å². The Hall–Kier alpha value is -2.57. The van der Waals surface area contributed by atoms with E-state index in [9.17, 15) is 0 Å². The number of nitrogens with zero attached hydrogens (tertiary/aromatic N) is 2. The van der Waals surface area contributed by atoms with E-state index >= 15 is 0 Å². The minimum Gasteiger partial charge on any atom is -0.497 e. The summed E-state index contributed by atoms with van der Waals surface area (Å²) in [6.07, 6.45) is 0. The molecule has 156 valence electrons. The van der Waals surface area contributed by atoms with Crippen molar-refractivity contribution in [1.29, 1.82) is 0 Å². The van der Waals surface area contributed by atoms with Gasteiger partial charge in [0.1, 0.15) is 5.75 Å². The first-order valence-electron chi connectivity index (χ1n) is 10.2. The van der Waals surface area contributed by atoms with E-state index in [4.69, 9.17) is 15.2 Å². The molecule has 0 aliphatic carbocycles. The van der Waals surface area contributed by atoms with Crippen molar-refractivity contribution in [3.63, 3.8) is 0 Å². The number of benzene rings is 2. The zero-order valence-electron chi connectivity index (χ0n) is 17.6. The standard InChI is InChI=1S/C23H32N4O2/c1-17(2)19-5-4-6-20(15-19)26-23(24)25-16-22(27-11-13-29-14-12-27)18-7-9-21(28-3)10-8-18/h4-10,15,17,22H,11-14,16H2,1-3H3,(H3,24,25,26). The molecule has 29 heavy (non-hydrogen) atoms. The zero-order chi connectivity index (χ0) is 20.6. The van der Waals surface area contributed by atoms with Crippen LogP contribution in [0.15, 0.2) is 53.5 Å². The Balaban J connectivity index is 1.73. The number of aliphatic imine (C=N–C) groups is 1. The topological polar surface area (TPSA) is 72.1 Å². The molecule has 0 radical (unpaired) electrons. The molecule has 6 nitrogen and oxygen atoms in total. The second-order valence-electron chi connectivity index (χ2n) is 7.57. The van der Waals surface area contributed by atoms with Gasteiger partial charge in [0, 0.05) is 18.8 Å². The van der Waals surface area contributed by atoms with Crippen LogP contribution in [0.25, 0.3) is 0 Å². The molecule has 1 fully saturated rings. The molecule has 1 aliphatic heterocycles. The molecule has 3 rings (SSSR count). The summed E-state index contributed by atoms with van der Waals surface area (Å²) in [4.78, 5) is 7.06. The minimum atomic E-state index is 0.146. The van der Waals surface area contributed by atoms with Crippen LogP contribution < -0.4 is 15.8 Å². The molecular weight excluding hydrogens is 364 g/mol. The molecule has 0 aromatic heterocycles. The molecule has 2 aromatic rings. The summed E-state index contributed by atoms with van der Waals surface area (Å²) in [6, 6.07) is 16.6. The van der Waals surface area contributed by atoms with Crippen LogP contribution in [0.2, 0.25) is 0 Å². The Morgan fingerprint density at radius 3 is 2.52 bits per heavy atom. The van der Waals surface area contributed by atoms with Crippen molar-refractivity contribution < 1.29 is 9.47 Å². The highest BCUT2D eigenvalue weighted by molar-refractivity contribution is 5.92. The molecule has 1 aliphatic rings. The number of methoxy groups -OCH3 is 1. The number of hydrogen-bond acceptors (Lipinski definition) is 4. The van der Waals surface area contributed by atoms with Crippen molar-refractivity contribution in [2.45, 2.75) is 25.8 Å². The summed E-state index contributed by atoms with van der Waals surface area (Å²) in [5.74, 6) is 1.75. The van der Waals surface area contributed by atoms with E-state index in [0.29, 0.717) is 18.4 Å². The number of guanidine groups is 1. The lowest BCUT2D eigenvalue weighted by Gasteiger charge is -2.34. The maximum absolute atomic E-state index is 6.21. The summed E-state index contributed by atoms with van der Waals surface area (Å²) in [6.45, 7) is 8.19. The van der Waals surface area contributed by atoms with Crippen molar-refractivity contribution in [2.75, 3.05) is 45.3 Å². The SMILES string of the molecule is COc1ccc(C(CN=C(N)Nc2cccc(C(C)C)c2)N2CCOCC2)cc1. The van der Waals surface area contributed by atoms with Crippen molar-refractivity contribution in [2.24, 2.45) is 10.7 Å². The Bertz CT molecular complexity index is 799. The van der Waals surface area contributed by atoms with Crippen molar-refractivity contribution in [3.05, 3.63) is 59.7 Å². The quantitative estimate of drug-likeness (QED) is 0.552. The molecule has 0 saturated carbocycles. The molecular formula is C23H32N4O2. The van der Waals surface area contributed by atoms with Crippen LogP contribution in [0, 0.1) is 0 Å². The van der Waals surface area contributed by atoms with E-state index < -0.39 is 0 Å². The van der Waals surface area contributed by atoms with Crippen LogP contribution in [0.4, 0.5) is 5.69 Å². The van der Waals surface area contributed by atoms with Gasteiger partial charge < -0.3 is 20.5 Å². The lowest BCUT2D eigenvalue weighted by molar-refractivity contribution is 0.0180. The molecule has 0 amide bonds. The summed E-state index contributed by atoms with van der Waals surface area (Å²) < 4.78 is 10.8. The first-order chi connectivity index (χ1) is 14.1. The Morgan fingerprint density at radius 2 is 1.86 bits per heavy atom. The number of rotatable bonds is 7. The highest BCUT2D eigenvalue weighted by Crippen LogP contribution is 2.25. The number of morpholine rings is 1. The third-order valence-electron chi connectivity index (χ3n) is 5.25. The highest BCUT2D eigenvalue weighted by atomic mass is 16.5. The number of nitrogens with two attached hydrogens (primary N) is 1. The highest BCUT2D eigenvalue weighted by Gasteiger charge is 2.22. The Morgan fingerprint density at radius 1 is 1.14 bits per heavy atom. The zero-order valence-corrected chi connectivity index (χ0v) is 17.6. The van der Waals surface area contributed by atoms with E-state index in [2.05, 4.69) is 53.3 Å². The average molecular weight is 397 g/mol. The van der Waals surface area contributed by atoms with E-state index in [1.54, 1.807) is 7.11 Å². The predicted octanol–water partition coefficient (Wildman–Crippen LogP) is 3.62. The van der Waals surface area contributed by atoms with Gasteiger partial charge >= 0.3 is 0 Å². The lowest BCUT2D eigenvalue weighted by Crippen LogP contribution is -2.40. The first-order valence-corrected chi connectivity index (χ1v) is 10.2. The van der Waals surface area contributed by atoms with Crippen molar-refractivity contribution >= 4 is 11.6 Å². The van der Waals surface area contributed by atoms with Crippen LogP contribution in [0.5, 0.6) is 5.75 Å². The monoisotopic (exact) mass is 396 g/mol. The van der Waals surface area contributed by atoms with Gasteiger partial charge in [-0.3, -0.25) is 9.89 Å². The summed E-state index contributed by atoms with van der Waals surface area (Å²) in [7, 11) is 1.68. The maximum Gasteiger partial charge on any atom is 0.193 e. The fraction of sp³-hybridized carbons (Fsp3) is 0.435. The maximum atomic E-state index is 6.21. The van der Waals surface area contributed by atoms with Crippen LogP contribution in [-0.2, 0) is 4.74 Å². The first kappa shape index (κ1) is 21.1. The molecule has 1 heterocycles. The summed E-state index contributed by atoms with van der Waals surface area (Å²) in [5.41, 5.74) is 9.64. The summed E-state index contributed by atoms with van der Waals surface area (Å²) >= 11 is 0. The van der Waals surface area contributed by atoms with Gasteiger partial charge in [-0.15, -0.1) is 0 Å². The molecule has 2 aromatic carbocycles. The second-order valence-corrected chi connectivity index (χ2v) is 7.57. The number of nitrogens with one attached hydrogen (secondary N) is 1. The Kier molecular flexibility index (Phi) is 7.49. The average Bonchev–Trinajstić information content (AvgIpc) is 2.75. The van der Waals surface area contributed by atoms with Gasteiger partial charge in [0.05, 0.1) is 32.9 Å². The predicted molar refractivity (Wildman–Crippen MR) is 119 cm³/mol. The third-order valence-corrected chi connectivity index (χ3v) is 5.25. The van der Waals surface area contributed by atoms with E-state index in [1.807, 2.05) is 24.3 Å². The van der Waals surface area contributed by atoms with E-state index in [0.717, 1.165) is 37.7 Å². The van der Waals surface area contributed by atoms with Gasteiger partial charge in [-0.05, 0) is 41.3 Å². The van der Waals surface area contributed by atoms with Gasteiger partial charge in [0.2, 0.25) is 0 Å². The number of ether oxygens (including phenoxy) is 2. The lowest BCUT2D eigenvalue weighted by atomic mass is 10.0. The minimum absolute atomic E-state index is 0.146. The van der Waals surface area contributed by atoms with Gasteiger partial charge in [0.25, 0.3) is 0 Å². The fourth-order valence-electron chi connectivity index (χ4n) is 3.49. The Labute approximate surface area is 173 Å². The number of hydrogen-bond donors (Lipinski definition) is 2. The van der Waals surface area contributed by atoms with Gasteiger partial charge in [-0.25, -0.2) is 0 Å². The second kappa shape index (κ2) is 10.3. The van der Waals surface area contributed by atoms with Crippen molar-refractivity contribution in [1.82, 2.24) is 4.90 Å². The molecule has 0 bridgehead atoms. The molecule has 1 unspecified atom stereocenters. The summed E-state index contributed by atoms with van der Waals surface area (Å²) in [5, 5.41) is 3.23. The van der Waals surface area contributed by atoms with Crippen molar-refractivity contribution in [3.8, 4) is 5.75 Å². The van der Waals surface area contributed by atoms with Crippen LogP contribution in [-0.4, -0.2) is 50.8 Å². The molecule has 1 atom stereocenters. The molecule has 6 heteroatoms. The van der Waals surface area contributed by atoms with E-state index in [-0.39, 0.29) is 6.04 Å². The molecule has 1 saturated heterocycles. The fourth-order valence-corrected chi connectivity index (χ4v) is 3.49. The molecule has 0 spiro atoms. The molecule has 3 N–H and O–H groups in total.